The summed E-state index contributed by atoms with van der Waals surface area (Å²) < 4.78 is 0. The molecule has 12 heavy (non-hydrogen) atoms. The quantitative estimate of drug-likeness (QED) is 0.432. The Kier molecular flexibility index (Phi) is 4.14. The predicted molar refractivity (Wildman–Crippen MR) is 55.6 cm³/mol. The highest BCUT2D eigenvalue weighted by molar-refractivity contribution is 6.20. The molecular weight excluding hydrogens is 168 g/mol. The van der Waals surface area contributed by atoms with Crippen LogP contribution < -0.4 is 0 Å². The molecule has 1 unspecified atom stereocenters. The average molecular weight is 187 g/mol. The van der Waals surface area contributed by atoms with Crippen LogP contribution >= 0.6 is 11.6 Å². The SMILES string of the molecule is C=C(CC)CCCC(Cl)C1CC1. The van der Waals surface area contributed by atoms with Crippen LogP contribution in [0.1, 0.15) is 45.4 Å². The van der Waals surface area contributed by atoms with Crippen LogP contribution in [0.3, 0.4) is 0 Å². The van der Waals surface area contributed by atoms with Crippen LogP contribution in [0.2, 0.25) is 0 Å². The van der Waals surface area contributed by atoms with E-state index in [1.165, 1.54) is 37.7 Å². The summed E-state index contributed by atoms with van der Waals surface area (Å²) in [5.41, 5.74) is 1.37. The molecule has 0 aromatic carbocycles. The van der Waals surface area contributed by atoms with Gasteiger partial charge in [0, 0.05) is 5.38 Å². The minimum Gasteiger partial charge on any atom is -0.123 e. The Balaban J connectivity index is 1.97. The number of rotatable bonds is 6. The molecule has 1 atom stereocenters. The Labute approximate surface area is 81.0 Å². The van der Waals surface area contributed by atoms with Gasteiger partial charge in [0.05, 0.1) is 0 Å². The Morgan fingerprint density at radius 2 is 2.25 bits per heavy atom. The first-order valence-electron chi connectivity index (χ1n) is 5.04. The lowest BCUT2D eigenvalue weighted by molar-refractivity contribution is 0.631. The van der Waals surface area contributed by atoms with E-state index in [9.17, 15) is 0 Å². The Morgan fingerprint density at radius 1 is 1.58 bits per heavy atom. The second-order valence-corrected chi connectivity index (χ2v) is 4.41. The van der Waals surface area contributed by atoms with Gasteiger partial charge in [0.1, 0.15) is 0 Å². The van der Waals surface area contributed by atoms with Crippen molar-refractivity contribution < 1.29 is 0 Å². The van der Waals surface area contributed by atoms with E-state index in [4.69, 9.17) is 11.6 Å². The number of hydrogen-bond donors (Lipinski definition) is 0. The Morgan fingerprint density at radius 3 is 2.75 bits per heavy atom. The van der Waals surface area contributed by atoms with Gasteiger partial charge >= 0.3 is 0 Å². The molecule has 0 aromatic rings. The lowest BCUT2D eigenvalue weighted by Crippen LogP contribution is -2.00. The van der Waals surface area contributed by atoms with E-state index >= 15 is 0 Å². The number of alkyl halides is 1. The summed E-state index contributed by atoms with van der Waals surface area (Å²) in [6, 6.07) is 0. The summed E-state index contributed by atoms with van der Waals surface area (Å²) in [7, 11) is 0. The first kappa shape index (κ1) is 10.1. The van der Waals surface area contributed by atoms with Crippen LogP contribution in [0, 0.1) is 5.92 Å². The maximum absolute atomic E-state index is 6.18. The summed E-state index contributed by atoms with van der Waals surface area (Å²) in [5, 5.41) is 0.453. The van der Waals surface area contributed by atoms with E-state index in [0.717, 1.165) is 12.3 Å². The van der Waals surface area contributed by atoms with Crippen molar-refractivity contribution in [2.45, 2.75) is 50.8 Å². The van der Waals surface area contributed by atoms with Crippen LogP contribution in [0.25, 0.3) is 0 Å². The van der Waals surface area contributed by atoms with Gasteiger partial charge in [0.25, 0.3) is 0 Å². The summed E-state index contributed by atoms with van der Waals surface area (Å²) in [6.45, 7) is 6.16. The van der Waals surface area contributed by atoms with Crippen molar-refractivity contribution in [3.63, 3.8) is 0 Å². The largest absolute Gasteiger partial charge is 0.123 e. The lowest BCUT2D eigenvalue weighted by atomic mass is 10.1. The molecule has 0 nitrogen and oxygen atoms in total. The molecule has 1 aliphatic carbocycles. The molecule has 0 heterocycles. The third-order valence-corrected chi connectivity index (χ3v) is 3.22. The first-order valence-corrected chi connectivity index (χ1v) is 5.48. The van der Waals surface area contributed by atoms with Gasteiger partial charge in [-0.2, -0.15) is 0 Å². The molecule has 0 amide bonds. The normalized spacial score (nSPS) is 19.2. The minimum atomic E-state index is 0.453. The predicted octanol–water partition coefficient (Wildman–Crippen LogP) is 4.14. The molecule has 1 heteroatoms. The highest BCUT2D eigenvalue weighted by Gasteiger charge is 2.28. The van der Waals surface area contributed by atoms with E-state index in [1.807, 2.05) is 0 Å². The maximum atomic E-state index is 6.18. The van der Waals surface area contributed by atoms with Gasteiger partial charge in [0.15, 0.2) is 0 Å². The third kappa shape index (κ3) is 3.62. The van der Waals surface area contributed by atoms with Gasteiger partial charge < -0.3 is 0 Å². The molecule has 70 valence electrons. The van der Waals surface area contributed by atoms with Crippen molar-refractivity contribution in [3.8, 4) is 0 Å². The zero-order valence-electron chi connectivity index (χ0n) is 7.98. The summed E-state index contributed by atoms with van der Waals surface area (Å²) in [5.74, 6) is 0.849. The van der Waals surface area contributed by atoms with Crippen molar-refractivity contribution in [2.75, 3.05) is 0 Å². The average Bonchev–Trinajstić information content (AvgIpc) is 2.86. The molecule has 1 fully saturated rings. The van der Waals surface area contributed by atoms with Crippen LogP contribution in [0.5, 0.6) is 0 Å². The van der Waals surface area contributed by atoms with Crippen LogP contribution in [0.15, 0.2) is 12.2 Å². The van der Waals surface area contributed by atoms with Gasteiger partial charge in [-0.25, -0.2) is 0 Å². The van der Waals surface area contributed by atoms with E-state index in [2.05, 4.69) is 13.5 Å². The first-order chi connectivity index (χ1) is 5.74. The Hall–Kier alpha value is 0.0300. The van der Waals surface area contributed by atoms with Gasteiger partial charge in [-0.05, 0) is 44.4 Å². The third-order valence-electron chi connectivity index (χ3n) is 2.64. The fraction of sp³-hybridized carbons (Fsp3) is 0.818. The molecule has 0 saturated heterocycles. The van der Waals surface area contributed by atoms with Gasteiger partial charge in [-0.15, -0.1) is 11.6 Å². The highest BCUT2D eigenvalue weighted by atomic mass is 35.5. The molecule has 0 spiro atoms. The lowest BCUT2D eigenvalue weighted by Gasteiger charge is -2.07. The molecule has 1 rings (SSSR count). The topological polar surface area (TPSA) is 0 Å². The van der Waals surface area contributed by atoms with E-state index in [0.29, 0.717) is 5.38 Å². The van der Waals surface area contributed by atoms with Crippen molar-refractivity contribution in [1.82, 2.24) is 0 Å². The molecule has 1 saturated carbocycles. The standard InChI is InChI=1S/C11H19Cl/c1-3-9(2)5-4-6-11(12)10-7-8-10/h10-11H,2-8H2,1H3. The fourth-order valence-corrected chi connectivity index (χ4v) is 1.82. The fourth-order valence-electron chi connectivity index (χ4n) is 1.42. The number of allylic oxidation sites excluding steroid dienone is 1. The van der Waals surface area contributed by atoms with Gasteiger partial charge in [0.2, 0.25) is 0 Å². The molecule has 0 N–H and O–H groups in total. The number of halogens is 1. The van der Waals surface area contributed by atoms with Crippen molar-refractivity contribution >= 4 is 11.6 Å². The van der Waals surface area contributed by atoms with Gasteiger partial charge in [-0.3, -0.25) is 0 Å². The van der Waals surface area contributed by atoms with E-state index in [1.54, 1.807) is 0 Å². The summed E-state index contributed by atoms with van der Waals surface area (Å²) in [6.07, 6.45) is 7.44. The molecular formula is C11H19Cl. The molecule has 0 bridgehead atoms. The van der Waals surface area contributed by atoms with E-state index in [-0.39, 0.29) is 0 Å². The zero-order valence-corrected chi connectivity index (χ0v) is 8.74. The molecule has 0 aromatic heterocycles. The van der Waals surface area contributed by atoms with E-state index < -0.39 is 0 Å². The van der Waals surface area contributed by atoms with Crippen molar-refractivity contribution in [3.05, 3.63) is 12.2 Å². The molecule has 0 aliphatic heterocycles. The minimum absolute atomic E-state index is 0.453. The monoisotopic (exact) mass is 186 g/mol. The zero-order chi connectivity index (χ0) is 8.97. The van der Waals surface area contributed by atoms with Crippen molar-refractivity contribution in [1.29, 1.82) is 0 Å². The number of hydrogen-bond acceptors (Lipinski definition) is 0. The molecule has 1 aliphatic rings. The van der Waals surface area contributed by atoms with Crippen LogP contribution in [0.4, 0.5) is 0 Å². The summed E-state index contributed by atoms with van der Waals surface area (Å²) >= 11 is 6.18. The highest BCUT2D eigenvalue weighted by Crippen LogP contribution is 2.37. The Bertz CT molecular complexity index is 147. The second-order valence-electron chi connectivity index (χ2n) is 3.85. The maximum Gasteiger partial charge on any atom is 0.0364 e. The van der Waals surface area contributed by atoms with Gasteiger partial charge in [-0.1, -0.05) is 19.1 Å². The second kappa shape index (κ2) is 4.91. The van der Waals surface area contributed by atoms with Crippen LogP contribution in [-0.2, 0) is 0 Å². The summed E-state index contributed by atoms with van der Waals surface area (Å²) in [4.78, 5) is 0. The van der Waals surface area contributed by atoms with Crippen molar-refractivity contribution in [2.24, 2.45) is 5.92 Å². The smallest absolute Gasteiger partial charge is 0.0364 e. The molecule has 0 radical (unpaired) electrons. The van der Waals surface area contributed by atoms with Crippen LogP contribution in [-0.4, -0.2) is 5.38 Å².